The highest BCUT2D eigenvalue weighted by Gasteiger charge is 2.13. The number of para-hydroxylation sites is 1. The van der Waals surface area contributed by atoms with Crippen LogP contribution in [0.1, 0.15) is 17.5 Å². The lowest BCUT2D eigenvalue weighted by Crippen LogP contribution is -2.14. The van der Waals surface area contributed by atoms with Crippen LogP contribution in [0.25, 0.3) is 5.82 Å². The molecule has 0 unspecified atom stereocenters. The first-order valence-corrected chi connectivity index (χ1v) is 8.43. The van der Waals surface area contributed by atoms with Gasteiger partial charge in [-0.2, -0.15) is 5.10 Å². The topological polar surface area (TPSA) is 61.2 Å². The molecule has 0 spiro atoms. The zero-order chi connectivity index (χ0) is 16.9. The number of hydrogen-bond acceptors (Lipinski definition) is 5. The maximum atomic E-state index is 5.85. The van der Waals surface area contributed by atoms with Gasteiger partial charge in [-0.25, -0.2) is 9.67 Å². The lowest BCUT2D eigenvalue weighted by molar-refractivity contribution is 0.296. The number of nitrogens with one attached hydrogen (secondary N) is 1. The number of rotatable bonds is 5. The highest BCUT2D eigenvalue weighted by Crippen LogP contribution is 2.33. The van der Waals surface area contributed by atoms with E-state index in [9.17, 15) is 0 Å². The van der Waals surface area contributed by atoms with E-state index >= 15 is 0 Å². The largest absolute Gasteiger partial charge is 0.490 e. The maximum absolute atomic E-state index is 5.85. The van der Waals surface area contributed by atoms with E-state index in [1.54, 1.807) is 10.9 Å². The Morgan fingerprint density at radius 2 is 2.00 bits per heavy atom. The lowest BCUT2D eigenvalue weighted by atomic mass is 10.1. The predicted octanol–water partition coefficient (Wildman–Crippen LogP) is 2.72. The summed E-state index contributed by atoms with van der Waals surface area (Å²) in [4.78, 5) is 4.45. The Balaban J connectivity index is 1.38. The predicted molar refractivity (Wildman–Crippen MR) is 94.0 cm³/mol. The molecule has 3 heterocycles. The SMILES string of the molecule is c1cc(CNCc2ccc(-n3cccn3)nc2)c2c(c1)OCCCO2. The van der Waals surface area contributed by atoms with Crippen LogP contribution in [0, 0.1) is 0 Å². The van der Waals surface area contributed by atoms with Crippen molar-refractivity contribution in [2.45, 2.75) is 19.5 Å². The van der Waals surface area contributed by atoms with Crippen molar-refractivity contribution in [2.24, 2.45) is 0 Å². The number of aromatic nitrogens is 3. The number of nitrogens with zero attached hydrogens (tertiary/aromatic N) is 3. The molecule has 128 valence electrons. The minimum atomic E-state index is 0.697. The van der Waals surface area contributed by atoms with Gasteiger partial charge in [-0.15, -0.1) is 0 Å². The molecule has 6 nitrogen and oxygen atoms in total. The van der Waals surface area contributed by atoms with Gasteiger partial charge in [0.05, 0.1) is 13.2 Å². The van der Waals surface area contributed by atoms with Crippen LogP contribution in [0.3, 0.4) is 0 Å². The summed E-state index contributed by atoms with van der Waals surface area (Å²) < 4.78 is 13.3. The number of ether oxygens (including phenoxy) is 2. The molecule has 3 aromatic rings. The van der Waals surface area contributed by atoms with Gasteiger partial charge in [-0.3, -0.25) is 0 Å². The van der Waals surface area contributed by atoms with E-state index in [4.69, 9.17) is 9.47 Å². The van der Waals surface area contributed by atoms with Crippen molar-refractivity contribution in [3.05, 3.63) is 66.1 Å². The number of pyridine rings is 1. The van der Waals surface area contributed by atoms with E-state index in [1.807, 2.05) is 36.7 Å². The van der Waals surface area contributed by atoms with Crippen molar-refractivity contribution in [1.29, 1.82) is 0 Å². The standard InChI is InChI=1S/C19H20N4O2/c1-4-16(19-17(5-1)24-10-3-11-25-19)14-20-12-15-6-7-18(21-13-15)23-9-2-8-22-23/h1-2,4-9,13,20H,3,10-12,14H2. The van der Waals surface area contributed by atoms with Crippen molar-refractivity contribution < 1.29 is 9.47 Å². The highest BCUT2D eigenvalue weighted by atomic mass is 16.5. The molecule has 0 saturated heterocycles. The van der Waals surface area contributed by atoms with Crippen molar-refractivity contribution in [3.63, 3.8) is 0 Å². The fraction of sp³-hybridized carbons (Fsp3) is 0.263. The molecule has 1 aliphatic heterocycles. The molecule has 0 bridgehead atoms. The van der Waals surface area contributed by atoms with Gasteiger partial charge in [0.15, 0.2) is 17.3 Å². The highest BCUT2D eigenvalue weighted by molar-refractivity contribution is 5.47. The van der Waals surface area contributed by atoms with Gasteiger partial charge < -0.3 is 14.8 Å². The summed E-state index contributed by atoms with van der Waals surface area (Å²) in [7, 11) is 0. The molecule has 0 radical (unpaired) electrons. The second-order valence-corrected chi connectivity index (χ2v) is 5.87. The summed E-state index contributed by atoms with van der Waals surface area (Å²) in [6, 6.07) is 11.9. The molecule has 2 aromatic heterocycles. The van der Waals surface area contributed by atoms with Crippen LogP contribution >= 0.6 is 0 Å². The number of benzene rings is 1. The van der Waals surface area contributed by atoms with Crippen molar-refractivity contribution in [3.8, 4) is 17.3 Å². The molecule has 0 saturated carbocycles. The summed E-state index contributed by atoms with van der Waals surface area (Å²) in [5.41, 5.74) is 2.23. The third-order valence-electron chi connectivity index (χ3n) is 4.05. The fourth-order valence-electron chi connectivity index (χ4n) is 2.80. The Hall–Kier alpha value is -2.86. The minimum absolute atomic E-state index is 0.697. The monoisotopic (exact) mass is 336 g/mol. The second-order valence-electron chi connectivity index (χ2n) is 5.87. The van der Waals surface area contributed by atoms with Crippen LogP contribution in [0.5, 0.6) is 11.5 Å². The fourth-order valence-corrected chi connectivity index (χ4v) is 2.80. The average Bonchev–Trinajstić information content (AvgIpc) is 3.07. The Morgan fingerprint density at radius 3 is 2.84 bits per heavy atom. The molecule has 0 amide bonds. The Labute approximate surface area is 146 Å². The molecule has 1 aromatic carbocycles. The van der Waals surface area contributed by atoms with Gasteiger partial charge in [0.25, 0.3) is 0 Å². The Bertz CT molecular complexity index is 816. The number of fused-ring (bicyclic) bond motifs is 1. The summed E-state index contributed by atoms with van der Waals surface area (Å²) in [5.74, 6) is 2.51. The molecule has 0 atom stereocenters. The Morgan fingerprint density at radius 1 is 1.04 bits per heavy atom. The molecule has 0 fully saturated rings. The maximum Gasteiger partial charge on any atom is 0.165 e. The number of hydrogen-bond donors (Lipinski definition) is 1. The van der Waals surface area contributed by atoms with Gasteiger partial charge in [0, 0.05) is 43.7 Å². The van der Waals surface area contributed by atoms with Crippen LogP contribution in [0.4, 0.5) is 0 Å². The van der Waals surface area contributed by atoms with Gasteiger partial charge in [0.2, 0.25) is 0 Å². The van der Waals surface area contributed by atoms with Crippen molar-refractivity contribution in [2.75, 3.05) is 13.2 Å². The van der Waals surface area contributed by atoms with Gasteiger partial charge >= 0.3 is 0 Å². The normalized spacial score (nSPS) is 13.4. The van der Waals surface area contributed by atoms with Crippen molar-refractivity contribution >= 4 is 0 Å². The van der Waals surface area contributed by atoms with Crippen LogP contribution in [-0.2, 0) is 13.1 Å². The van der Waals surface area contributed by atoms with E-state index in [1.165, 1.54) is 0 Å². The average molecular weight is 336 g/mol. The summed E-state index contributed by atoms with van der Waals surface area (Å²) in [6.07, 6.45) is 6.40. The van der Waals surface area contributed by atoms with E-state index in [2.05, 4.69) is 27.5 Å². The molecule has 1 aliphatic rings. The quantitative estimate of drug-likeness (QED) is 0.776. The zero-order valence-electron chi connectivity index (χ0n) is 13.9. The van der Waals surface area contributed by atoms with Crippen LogP contribution in [-0.4, -0.2) is 28.0 Å². The molecular formula is C19H20N4O2. The summed E-state index contributed by atoms with van der Waals surface area (Å²) in [6.45, 7) is 2.85. The van der Waals surface area contributed by atoms with Gasteiger partial charge in [-0.05, 0) is 23.8 Å². The van der Waals surface area contributed by atoms with Gasteiger partial charge in [-0.1, -0.05) is 18.2 Å². The molecule has 25 heavy (non-hydrogen) atoms. The third kappa shape index (κ3) is 3.64. The molecule has 6 heteroatoms. The van der Waals surface area contributed by atoms with Crippen LogP contribution in [0.2, 0.25) is 0 Å². The first kappa shape index (κ1) is 15.7. The van der Waals surface area contributed by atoms with E-state index < -0.39 is 0 Å². The Kier molecular flexibility index (Phi) is 4.61. The molecular weight excluding hydrogens is 316 g/mol. The third-order valence-corrected chi connectivity index (χ3v) is 4.05. The summed E-state index contributed by atoms with van der Waals surface area (Å²) in [5, 5.41) is 7.62. The van der Waals surface area contributed by atoms with E-state index in [-0.39, 0.29) is 0 Å². The van der Waals surface area contributed by atoms with E-state index in [0.29, 0.717) is 19.8 Å². The minimum Gasteiger partial charge on any atom is -0.490 e. The summed E-state index contributed by atoms with van der Waals surface area (Å²) >= 11 is 0. The van der Waals surface area contributed by atoms with E-state index in [0.717, 1.165) is 41.4 Å². The first-order valence-electron chi connectivity index (χ1n) is 8.43. The van der Waals surface area contributed by atoms with Gasteiger partial charge in [0.1, 0.15) is 0 Å². The second kappa shape index (κ2) is 7.36. The molecule has 1 N–H and O–H groups in total. The molecule has 0 aliphatic carbocycles. The van der Waals surface area contributed by atoms with Crippen LogP contribution in [0.15, 0.2) is 55.0 Å². The lowest BCUT2D eigenvalue weighted by Gasteiger charge is -2.13. The van der Waals surface area contributed by atoms with Crippen molar-refractivity contribution in [1.82, 2.24) is 20.1 Å². The smallest absolute Gasteiger partial charge is 0.165 e. The zero-order valence-corrected chi connectivity index (χ0v) is 13.9. The van der Waals surface area contributed by atoms with Crippen LogP contribution < -0.4 is 14.8 Å². The first-order chi connectivity index (χ1) is 12.4. The molecule has 4 rings (SSSR count).